The van der Waals surface area contributed by atoms with Crippen LogP contribution in [-0.4, -0.2) is 3.21 Å². The Balaban J connectivity index is 0.00000176. The van der Waals surface area contributed by atoms with E-state index in [2.05, 4.69) is 149 Å². The zero-order valence-electron chi connectivity index (χ0n) is 24.5. The molecule has 1 unspecified atom stereocenters. The molecule has 208 valence electrons. The van der Waals surface area contributed by atoms with Crippen molar-refractivity contribution in [2.24, 2.45) is 0 Å². The fourth-order valence-corrected chi connectivity index (χ4v) is 16.8. The summed E-state index contributed by atoms with van der Waals surface area (Å²) in [6, 6.07) is 41.8. The zero-order valence-corrected chi connectivity index (χ0v) is 28.4. The van der Waals surface area contributed by atoms with Gasteiger partial charge in [0.05, 0.1) is 0 Å². The average Bonchev–Trinajstić information content (AvgIpc) is 3.53. The Hall–Kier alpha value is -2.83. The van der Waals surface area contributed by atoms with Gasteiger partial charge in [-0.15, -0.1) is 0 Å². The van der Waals surface area contributed by atoms with Crippen LogP contribution in [0.2, 0.25) is 0 Å². The summed E-state index contributed by atoms with van der Waals surface area (Å²) in [6.45, 7) is 9.06. The number of rotatable bonds is 4. The molecule has 0 heterocycles. The maximum absolute atomic E-state index is 2.73. The first-order chi connectivity index (χ1) is 19.5. The molecule has 2 aliphatic carbocycles. The first-order valence-electron chi connectivity index (χ1n) is 14.4. The van der Waals surface area contributed by atoms with E-state index in [0.717, 1.165) is 0 Å². The van der Waals surface area contributed by atoms with E-state index < -0.39 is 21.3 Å². The fraction of sp³-hybridized carbons (Fsp3) is 0.154. The summed E-state index contributed by atoms with van der Waals surface area (Å²) in [7, 11) is 0. The van der Waals surface area contributed by atoms with Crippen molar-refractivity contribution in [3.05, 3.63) is 171 Å². The number of hydrogen-bond donors (Lipinski definition) is 0. The molecule has 0 saturated carbocycles. The largest absolute Gasteiger partial charge is 1.00 e. The summed E-state index contributed by atoms with van der Waals surface area (Å²) in [5, 5.41) is 0. The predicted molar refractivity (Wildman–Crippen MR) is 167 cm³/mol. The van der Waals surface area contributed by atoms with Crippen LogP contribution in [0.4, 0.5) is 0 Å². The normalized spacial score (nSPS) is 14.1. The van der Waals surface area contributed by atoms with Crippen molar-refractivity contribution in [1.82, 2.24) is 0 Å². The van der Waals surface area contributed by atoms with E-state index in [1.54, 1.807) is 14.3 Å². The van der Waals surface area contributed by atoms with Gasteiger partial charge in [0.15, 0.2) is 0 Å². The zero-order chi connectivity index (χ0) is 27.4. The van der Waals surface area contributed by atoms with E-state index in [4.69, 9.17) is 0 Å². The van der Waals surface area contributed by atoms with Crippen LogP contribution >= 0.6 is 0 Å². The van der Waals surface area contributed by atoms with Crippen LogP contribution in [-0.2, 0) is 21.3 Å². The van der Waals surface area contributed by atoms with E-state index in [0.29, 0.717) is 7.25 Å². The van der Waals surface area contributed by atoms with Crippen LogP contribution in [0, 0.1) is 27.7 Å². The first-order valence-corrected chi connectivity index (χ1v) is 18.4. The minimum Gasteiger partial charge on any atom is -1.00 e. The first kappa shape index (κ1) is 30.6. The molecule has 0 aliphatic heterocycles. The molecule has 0 aromatic heterocycles. The van der Waals surface area contributed by atoms with Crippen molar-refractivity contribution in [3.63, 3.8) is 0 Å². The van der Waals surface area contributed by atoms with Crippen LogP contribution in [0.1, 0.15) is 62.9 Å². The van der Waals surface area contributed by atoms with Gasteiger partial charge in [-0.3, -0.25) is 0 Å². The third kappa shape index (κ3) is 5.15. The molecule has 42 heavy (non-hydrogen) atoms. The smallest absolute Gasteiger partial charge is 1.00 e. The van der Waals surface area contributed by atoms with Crippen LogP contribution < -0.4 is 24.8 Å². The number of benzene rings is 5. The topological polar surface area (TPSA) is 0 Å². The van der Waals surface area contributed by atoms with Crippen LogP contribution in [0.3, 0.4) is 0 Å². The van der Waals surface area contributed by atoms with E-state index in [9.17, 15) is 0 Å². The van der Waals surface area contributed by atoms with Gasteiger partial charge in [-0.1, -0.05) is 0 Å². The van der Waals surface area contributed by atoms with Crippen molar-refractivity contribution in [3.8, 4) is 11.1 Å². The van der Waals surface area contributed by atoms with Crippen molar-refractivity contribution in [2.75, 3.05) is 0 Å². The van der Waals surface area contributed by atoms with Gasteiger partial charge in [-0.25, -0.2) is 0 Å². The average molecular weight is 665 g/mol. The summed E-state index contributed by atoms with van der Waals surface area (Å²) in [5.41, 5.74) is 17.3. The van der Waals surface area contributed by atoms with E-state index >= 15 is 0 Å². The van der Waals surface area contributed by atoms with E-state index in [-0.39, 0.29) is 24.8 Å². The Morgan fingerprint density at radius 3 is 1.62 bits per heavy atom. The number of halogens is 2. The van der Waals surface area contributed by atoms with Gasteiger partial charge in [0, 0.05) is 0 Å². The summed E-state index contributed by atoms with van der Waals surface area (Å²) in [4.78, 5) is 0. The Morgan fingerprint density at radius 2 is 1.10 bits per heavy atom. The second kappa shape index (κ2) is 12.4. The maximum Gasteiger partial charge on any atom is -1.00 e. The van der Waals surface area contributed by atoms with Crippen molar-refractivity contribution < 1.29 is 46.1 Å². The van der Waals surface area contributed by atoms with E-state index in [1.165, 1.54) is 55.6 Å². The molecule has 7 rings (SSSR count). The molecule has 5 aromatic rings. The van der Waals surface area contributed by atoms with Crippen LogP contribution in [0.15, 0.2) is 115 Å². The Morgan fingerprint density at radius 1 is 0.571 bits per heavy atom. The molecule has 0 N–H and O–H groups in total. The fourth-order valence-electron chi connectivity index (χ4n) is 6.94. The summed E-state index contributed by atoms with van der Waals surface area (Å²) < 4.78 is 2.51. The monoisotopic (exact) mass is 662 g/mol. The van der Waals surface area contributed by atoms with Crippen LogP contribution in [0.25, 0.3) is 17.2 Å². The molecular formula is C39H34Cl2Zr. The molecule has 0 bridgehead atoms. The maximum atomic E-state index is 2.58. The van der Waals surface area contributed by atoms with Gasteiger partial charge < -0.3 is 24.8 Å². The summed E-state index contributed by atoms with van der Waals surface area (Å²) >= 11 is -2.73. The molecular weight excluding hydrogens is 631 g/mol. The number of fused-ring (bicyclic) bond motifs is 4. The summed E-state index contributed by atoms with van der Waals surface area (Å²) in [6.07, 6.45) is 5.03. The molecule has 0 spiro atoms. The summed E-state index contributed by atoms with van der Waals surface area (Å²) in [5.74, 6) is 0. The number of aryl methyl sites for hydroxylation is 3. The van der Waals surface area contributed by atoms with E-state index in [1.807, 2.05) is 0 Å². The van der Waals surface area contributed by atoms with Gasteiger partial charge in [-0.05, 0) is 0 Å². The second-order valence-corrected chi connectivity index (χ2v) is 17.9. The Labute approximate surface area is 270 Å². The predicted octanol–water partition coefficient (Wildman–Crippen LogP) is 3.65. The van der Waals surface area contributed by atoms with Gasteiger partial charge >= 0.3 is 248 Å². The molecule has 1 atom stereocenters. The minimum absolute atomic E-state index is 0. The van der Waals surface area contributed by atoms with Gasteiger partial charge in [0.2, 0.25) is 0 Å². The van der Waals surface area contributed by atoms with Gasteiger partial charge in [0.1, 0.15) is 0 Å². The quantitative estimate of drug-likeness (QED) is 0.276. The molecule has 5 aromatic carbocycles. The molecule has 0 nitrogen and oxygen atoms in total. The van der Waals surface area contributed by atoms with Crippen LogP contribution in [0.5, 0.6) is 0 Å². The Kier molecular flexibility index (Phi) is 9.06. The third-order valence-electron chi connectivity index (χ3n) is 9.00. The SMILES string of the molecule is Cc1ccc2c(c1)[CH]([Zr+2](=[C](c1ccccc1)c1ccccc1)[CH]1C=Cc3c1ccc(C)c3C)c1cc(C)ccc1-2.[Cl-].[Cl-]. The molecule has 0 radical (unpaired) electrons. The standard InChI is InChI=1S/C15H13.C13H10.C11H11.2ClH.Zr/c1-10-3-5-14-12(7-10)9-13-8-11(2)4-6-15(13)14;1-3-7-12(8-4-1)11-13-9-5-2-6-10-13;1-8-6-7-10-4-3-5-11(10)9(8)2;;;/h3-9H,1-2H3;1-10H;3-7H,1-2H3;2*1H;/q;;;;;+2/p-2. The minimum atomic E-state index is -2.73. The van der Waals surface area contributed by atoms with Crippen molar-refractivity contribution in [1.29, 1.82) is 0 Å². The molecule has 0 saturated heterocycles. The van der Waals surface area contributed by atoms with Gasteiger partial charge in [-0.2, -0.15) is 0 Å². The van der Waals surface area contributed by atoms with Gasteiger partial charge in [0.25, 0.3) is 0 Å². The van der Waals surface area contributed by atoms with Crippen molar-refractivity contribution in [2.45, 2.75) is 34.9 Å². The second-order valence-electron chi connectivity index (χ2n) is 11.5. The molecule has 0 fully saturated rings. The van der Waals surface area contributed by atoms with Crippen molar-refractivity contribution >= 4 is 9.28 Å². The molecule has 0 amide bonds. The molecule has 2 aliphatic rings. The number of allylic oxidation sites excluding steroid dienone is 1. The number of hydrogen-bond acceptors (Lipinski definition) is 0. The Bertz CT molecular complexity index is 1740. The molecule has 3 heteroatoms. The third-order valence-corrected chi connectivity index (χ3v) is 17.8.